The van der Waals surface area contributed by atoms with Crippen LogP contribution in [0.2, 0.25) is 0 Å². The zero-order chi connectivity index (χ0) is 13.5. The molecule has 3 atom stereocenters. The van der Waals surface area contributed by atoms with Crippen LogP contribution in [0.15, 0.2) is 18.2 Å². The highest BCUT2D eigenvalue weighted by Gasteiger charge is 2.40. The van der Waals surface area contributed by atoms with Crippen molar-refractivity contribution in [3.8, 4) is 5.75 Å². The second-order valence-corrected chi connectivity index (χ2v) is 6.21. The van der Waals surface area contributed by atoms with E-state index in [9.17, 15) is 4.79 Å². The molecule has 1 aromatic rings. The van der Waals surface area contributed by atoms with Gasteiger partial charge in [-0.2, -0.15) is 0 Å². The van der Waals surface area contributed by atoms with Crippen LogP contribution in [0.25, 0.3) is 0 Å². The largest absolute Gasteiger partial charge is 0.493 e. The van der Waals surface area contributed by atoms with E-state index in [1.54, 1.807) is 0 Å². The quantitative estimate of drug-likeness (QED) is 0.857. The van der Waals surface area contributed by atoms with Crippen LogP contribution >= 0.6 is 0 Å². The van der Waals surface area contributed by atoms with Crippen molar-refractivity contribution in [2.75, 3.05) is 13.2 Å². The predicted octanol–water partition coefficient (Wildman–Crippen LogP) is 1.49. The fourth-order valence-electron chi connectivity index (χ4n) is 3.75. The van der Waals surface area contributed by atoms with Crippen molar-refractivity contribution in [2.24, 2.45) is 5.92 Å². The van der Waals surface area contributed by atoms with Gasteiger partial charge in [0.2, 0.25) is 0 Å². The van der Waals surface area contributed by atoms with Gasteiger partial charge in [-0.05, 0) is 55.8 Å². The molecule has 106 valence electrons. The molecule has 2 bridgehead atoms. The minimum absolute atomic E-state index is 0.0290. The van der Waals surface area contributed by atoms with Crippen molar-refractivity contribution in [1.29, 1.82) is 0 Å². The molecule has 4 rings (SSSR count). The van der Waals surface area contributed by atoms with E-state index in [-0.39, 0.29) is 5.91 Å². The van der Waals surface area contributed by atoms with Crippen molar-refractivity contribution >= 4 is 5.91 Å². The van der Waals surface area contributed by atoms with Crippen LogP contribution in [0.5, 0.6) is 5.75 Å². The first-order valence-corrected chi connectivity index (χ1v) is 7.59. The van der Waals surface area contributed by atoms with Crippen LogP contribution < -0.4 is 15.4 Å². The summed E-state index contributed by atoms with van der Waals surface area (Å²) >= 11 is 0. The third-order valence-electron chi connectivity index (χ3n) is 4.82. The molecular weight excluding hydrogens is 252 g/mol. The van der Waals surface area contributed by atoms with Crippen LogP contribution in [0.3, 0.4) is 0 Å². The first kappa shape index (κ1) is 12.2. The molecule has 20 heavy (non-hydrogen) atoms. The Labute approximate surface area is 118 Å². The van der Waals surface area contributed by atoms with Gasteiger partial charge in [0, 0.05) is 17.6 Å². The van der Waals surface area contributed by atoms with Gasteiger partial charge in [-0.1, -0.05) is 6.07 Å². The molecule has 2 heterocycles. The van der Waals surface area contributed by atoms with Crippen molar-refractivity contribution in [3.05, 3.63) is 29.3 Å². The Morgan fingerprint density at radius 2 is 2.30 bits per heavy atom. The molecule has 2 N–H and O–H groups in total. The fraction of sp³-hybridized carbons (Fsp3) is 0.562. The molecule has 1 aliphatic carbocycles. The van der Waals surface area contributed by atoms with Gasteiger partial charge in [0.25, 0.3) is 5.91 Å². The number of ether oxygens (including phenoxy) is 1. The van der Waals surface area contributed by atoms with Crippen LogP contribution in [0, 0.1) is 5.92 Å². The van der Waals surface area contributed by atoms with Crippen LogP contribution in [-0.4, -0.2) is 31.1 Å². The molecular formula is C16H20N2O2. The van der Waals surface area contributed by atoms with Gasteiger partial charge in [-0.15, -0.1) is 0 Å². The van der Waals surface area contributed by atoms with Gasteiger partial charge in [-0.25, -0.2) is 0 Å². The molecule has 1 aromatic carbocycles. The molecule has 3 aliphatic rings. The Balaban J connectivity index is 1.48. The van der Waals surface area contributed by atoms with E-state index in [1.807, 2.05) is 18.2 Å². The average molecular weight is 272 g/mol. The van der Waals surface area contributed by atoms with Crippen molar-refractivity contribution in [2.45, 2.75) is 37.8 Å². The molecule has 1 amide bonds. The van der Waals surface area contributed by atoms with Gasteiger partial charge in [0.15, 0.2) is 0 Å². The smallest absolute Gasteiger partial charge is 0.251 e. The van der Waals surface area contributed by atoms with Crippen LogP contribution in [-0.2, 0) is 6.42 Å². The molecule has 4 heteroatoms. The number of fused-ring (bicyclic) bond motifs is 3. The van der Waals surface area contributed by atoms with E-state index in [2.05, 4.69) is 10.6 Å². The van der Waals surface area contributed by atoms with Gasteiger partial charge >= 0.3 is 0 Å². The van der Waals surface area contributed by atoms with Gasteiger partial charge < -0.3 is 15.4 Å². The van der Waals surface area contributed by atoms with E-state index < -0.39 is 0 Å². The highest BCUT2D eigenvalue weighted by Crippen LogP contribution is 2.31. The Morgan fingerprint density at radius 1 is 1.35 bits per heavy atom. The first-order chi connectivity index (χ1) is 9.79. The van der Waals surface area contributed by atoms with E-state index in [0.29, 0.717) is 17.6 Å². The zero-order valence-electron chi connectivity index (χ0n) is 11.5. The summed E-state index contributed by atoms with van der Waals surface area (Å²) in [6.45, 7) is 1.87. The average Bonchev–Trinajstić information content (AvgIpc) is 3.09. The lowest BCUT2D eigenvalue weighted by Gasteiger charge is -2.24. The second-order valence-electron chi connectivity index (χ2n) is 6.21. The molecule has 0 spiro atoms. The summed E-state index contributed by atoms with van der Waals surface area (Å²) < 4.78 is 5.64. The Kier molecular flexibility index (Phi) is 2.91. The molecule has 1 saturated carbocycles. The minimum atomic E-state index is 0.0290. The number of hydrogen-bond donors (Lipinski definition) is 2. The standard InChI is InChI=1S/C16H20N2O2/c19-16(18-14-7-10-6-13(14)17-9-10)12-4-3-11-2-1-5-20-15(11)8-12/h3-4,8,10,13-14,17H,1-2,5-7,9H2,(H,18,19). The number of carbonyl (C=O) groups excluding carboxylic acids is 1. The number of benzene rings is 1. The topological polar surface area (TPSA) is 50.4 Å². The maximum absolute atomic E-state index is 12.4. The van der Waals surface area contributed by atoms with Gasteiger partial charge in [0.05, 0.1) is 6.61 Å². The van der Waals surface area contributed by atoms with Crippen molar-refractivity contribution in [1.82, 2.24) is 10.6 Å². The molecule has 4 nitrogen and oxygen atoms in total. The second kappa shape index (κ2) is 4.77. The summed E-state index contributed by atoms with van der Waals surface area (Å²) in [5, 5.41) is 6.65. The SMILES string of the molecule is O=C(NC1CC2CNC1C2)c1ccc2c(c1)OCCC2. The third-order valence-corrected chi connectivity index (χ3v) is 4.82. The zero-order valence-corrected chi connectivity index (χ0v) is 11.5. The molecule has 1 saturated heterocycles. The monoisotopic (exact) mass is 272 g/mol. The highest BCUT2D eigenvalue weighted by molar-refractivity contribution is 5.95. The predicted molar refractivity (Wildman–Crippen MR) is 76.0 cm³/mol. The Hall–Kier alpha value is -1.55. The van der Waals surface area contributed by atoms with Crippen molar-refractivity contribution in [3.63, 3.8) is 0 Å². The summed E-state index contributed by atoms with van der Waals surface area (Å²) in [6.07, 6.45) is 4.44. The van der Waals surface area contributed by atoms with Gasteiger partial charge in [-0.3, -0.25) is 4.79 Å². The van der Waals surface area contributed by atoms with Crippen LogP contribution in [0.4, 0.5) is 0 Å². The lowest BCUT2D eigenvalue weighted by Crippen LogP contribution is -2.47. The molecule has 2 fully saturated rings. The summed E-state index contributed by atoms with van der Waals surface area (Å²) in [5.41, 5.74) is 1.93. The Morgan fingerprint density at radius 3 is 3.10 bits per heavy atom. The number of rotatable bonds is 2. The van der Waals surface area contributed by atoms with Crippen LogP contribution in [0.1, 0.15) is 35.2 Å². The molecule has 2 aliphatic heterocycles. The minimum Gasteiger partial charge on any atom is -0.493 e. The maximum atomic E-state index is 12.4. The molecule has 3 unspecified atom stereocenters. The van der Waals surface area contributed by atoms with E-state index in [0.717, 1.165) is 44.1 Å². The highest BCUT2D eigenvalue weighted by atomic mass is 16.5. The van der Waals surface area contributed by atoms with E-state index in [4.69, 9.17) is 4.74 Å². The number of aryl methyl sites for hydroxylation is 1. The molecule has 0 aromatic heterocycles. The lowest BCUT2D eigenvalue weighted by atomic mass is 10.0. The van der Waals surface area contributed by atoms with Gasteiger partial charge in [0.1, 0.15) is 5.75 Å². The maximum Gasteiger partial charge on any atom is 0.251 e. The van der Waals surface area contributed by atoms with Crippen molar-refractivity contribution < 1.29 is 9.53 Å². The first-order valence-electron chi connectivity index (χ1n) is 7.59. The fourth-order valence-corrected chi connectivity index (χ4v) is 3.75. The number of hydrogen-bond acceptors (Lipinski definition) is 3. The summed E-state index contributed by atoms with van der Waals surface area (Å²) in [7, 11) is 0. The Bertz CT molecular complexity index is 543. The summed E-state index contributed by atoms with van der Waals surface area (Å²) in [5.74, 6) is 1.66. The number of amides is 1. The summed E-state index contributed by atoms with van der Waals surface area (Å²) in [6, 6.07) is 6.60. The molecule has 0 radical (unpaired) electrons. The number of carbonyl (C=O) groups is 1. The number of nitrogens with one attached hydrogen (secondary N) is 2. The lowest BCUT2D eigenvalue weighted by molar-refractivity contribution is 0.0928. The summed E-state index contributed by atoms with van der Waals surface area (Å²) in [4.78, 5) is 12.4. The number of piperidine rings is 1. The third kappa shape index (κ3) is 2.08. The van der Waals surface area contributed by atoms with E-state index >= 15 is 0 Å². The van der Waals surface area contributed by atoms with E-state index in [1.165, 1.54) is 12.0 Å². The normalized spacial score (nSPS) is 30.7.